The van der Waals surface area contributed by atoms with Crippen molar-refractivity contribution in [2.75, 3.05) is 0 Å². The molecule has 38 heavy (non-hydrogen) atoms. The molecule has 1 aliphatic rings. The van der Waals surface area contributed by atoms with Crippen molar-refractivity contribution in [2.45, 2.75) is 57.8 Å². The summed E-state index contributed by atoms with van der Waals surface area (Å²) >= 11 is 0. The number of fused-ring (bicyclic) bond motifs is 1. The molecule has 8 heteroatoms. The summed E-state index contributed by atoms with van der Waals surface area (Å²) in [7, 11) is 0. The maximum absolute atomic E-state index is 13.7. The van der Waals surface area contributed by atoms with Crippen molar-refractivity contribution in [1.29, 1.82) is 0 Å². The summed E-state index contributed by atoms with van der Waals surface area (Å²) in [6, 6.07) is 22.5. The molecule has 8 nitrogen and oxygen atoms in total. The van der Waals surface area contributed by atoms with Gasteiger partial charge in [0.2, 0.25) is 5.82 Å². The lowest BCUT2D eigenvalue weighted by atomic mass is 10.0. The van der Waals surface area contributed by atoms with Gasteiger partial charge >= 0.3 is 0 Å². The molecule has 0 bridgehead atoms. The zero-order valence-corrected chi connectivity index (χ0v) is 21.5. The lowest BCUT2D eigenvalue weighted by Crippen LogP contribution is -3.10. The molecule has 0 amide bonds. The van der Waals surface area contributed by atoms with E-state index in [1.807, 2.05) is 41.2 Å². The summed E-state index contributed by atoms with van der Waals surface area (Å²) in [5.41, 5.74) is 4.82. The summed E-state index contributed by atoms with van der Waals surface area (Å²) in [5.74, 6) is 0.740. The Bertz CT molecular complexity index is 1530. The van der Waals surface area contributed by atoms with Crippen LogP contribution in [0.15, 0.2) is 83.9 Å². The number of aryl methyl sites for hydroxylation is 1. The van der Waals surface area contributed by atoms with Crippen LogP contribution in [0.1, 0.15) is 65.8 Å². The van der Waals surface area contributed by atoms with Gasteiger partial charge < -0.3 is 9.88 Å². The van der Waals surface area contributed by atoms with Crippen LogP contribution in [0.4, 0.5) is 0 Å². The van der Waals surface area contributed by atoms with Gasteiger partial charge in [0.1, 0.15) is 13.1 Å². The summed E-state index contributed by atoms with van der Waals surface area (Å²) in [5, 5.41) is 14.2. The molecule has 1 unspecified atom stereocenters. The summed E-state index contributed by atoms with van der Waals surface area (Å²) in [6.07, 6.45) is 8.12. The van der Waals surface area contributed by atoms with Crippen molar-refractivity contribution in [3.8, 4) is 0 Å². The summed E-state index contributed by atoms with van der Waals surface area (Å²) in [4.78, 5) is 22.4. The van der Waals surface area contributed by atoms with Gasteiger partial charge in [-0.3, -0.25) is 9.78 Å². The Kier molecular flexibility index (Phi) is 6.79. The van der Waals surface area contributed by atoms with Crippen LogP contribution in [0, 0.1) is 6.92 Å². The Morgan fingerprint density at radius 1 is 1.00 bits per heavy atom. The maximum Gasteiger partial charge on any atom is 0.258 e. The Balaban J connectivity index is 1.54. The van der Waals surface area contributed by atoms with E-state index in [0.717, 1.165) is 45.6 Å². The SMILES string of the molecule is Cc1ccc2[nH]c(=O)c([C@@H](c3nnnn3C3CCCC3)[NH+](Cc3ccccc3)Cc3cccnc3)cc2c1. The van der Waals surface area contributed by atoms with Crippen LogP contribution >= 0.6 is 0 Å². The van der Waals surface area contributed by atoms with E-state index < -0.39 is 0 Å². The number of pyridine rings is 2. The second kappa shape index (κ2) is 10.7. The zero-order valence-electron chi connectivity index (χ0n) is 21.5. The van der Waals surface area contributed by atoms with Crippen LogP contribution < -0.4 is 10.5 Å². The van der Waals surface area contributed by atoms with Gasteiger partial charge in [0.05, 0.1) is 11.6 Å². The third-order valence-corrected chi connectivity index (χ3v) is 7.62. The van der Waals surface area contributed by atoms with Gasteiger partial charge in [-0.15, -0.1) is 5.10 Å². The zero-order chi connectivity index (χ0) is 25.9. The summed E-state index contributed by atoms with van der Waals surface area (Å²) < 4.78 is 1.99. The van der Waals surface area contributed by atoms with Crippen molar-refractivity contribution in [2.24, 2.45) is 0 Å². The molecule has 3 heterocycles. The first kappa shape index (κ1) is 24.2. The predicted octanol–water partition coefficient (Wildman–Crippen LogP) is 3.71. The van der Waals surface area contributed by atoms with Crippen molar-refractivity contribution >= 4 is 10.9 Å². The first-order valence-corrected chi connectivity index (χ1v) is 13.3. The number of aromatic nitrogens is 6. The van der Waals surface area contributed by atoms with Crippen LogP contribution in [-0.4, -0.2) is 30.2 Å². The fourth-order valence-electron chi connectivity index (χ4n) is 5.79. The highest BCUT2D eigenvalue weighted by atomic mass is 16.1. The van der Waals surface area contributed by atoms with E-state index in [0.29, 0.717) is 18.7 Å². The largest absolute Gasteiger partial charge is 0.321 e. The lowest BCUT2D eigenvalue weighted by molar-refractivity contribution is -0.953. The fourth-order valence-corrected chi connectivity index (χ4v) is 5.79. The number of H-pyrrole nitrogens is 1. The third-order valence-electron chi connectivity index (χ3n) is 7.62. The van der Waals surface area contributed by atoms with E-state index in [2.05, 4.69) is 68.8 Å². The van der Waals surface area contributed by atoms with E-state index >= 15 is 0 Å². The minimum Gasteiger partial charge on any atom is -0.321 e. The molecule has 1 aliphatic carbocycles. The second-order valence-electron chi connectivity index (χ2n) is 10.4. The average molecular weight is 507 g/mol. The van der Waals surface area contributed by atoms with Gasteiger partial charge in [-0.05, 0) is 59.8 Å². The van der Waals surface area contributed by atoms with Crippen molar-refractivity contribution in [3.05, 3.63) is 118 Å². The van der Waals surface area contributed by atoms with Crippen LogP contribution in [-0.2, 0) is 13.1 Å². The number of quaternary nitrogens is 1. The minimum absolute atomic E-state index is 0.107. The normalized spacial score (nSPS) is 15.6. The molecule has 5 aromatic rings. The molecule has 1 fully saturated rings. The molecule has 2 N–H and O–H groups in total. The van der Waals surface area contributed by atoms with Gasteiger partial charge in [-0.1, -0.05) is 60.9 Å². The first-order chi connectivity index (χ1) is 18.7. The molecular formula is C30H32N7O+. The molecule has 0 spiro atoms. The molecular weight excluding hydrogens is 474 g/mol. The predicted molar refractivity (Wildman–Crippen MR) is 146 cm³/mol. The number of rotatable bonds is 8. The van der Waals surface area contributed by atoms with Crippen molar-refractivity contribution < 1.29 is 4.90 Å². The Labute approximate surface area is 221 Å². The number of benzene rings is 2. The van der Waals surface area contributed by atoms with Gasteiger partial charge in [0.15, 0.2) is 6.04 Å². The molecule has 192 valence electrons. The van der Waals surface area contributed by atoms with Gasteiger partial charge in [0, 0.05) is 29.0 Å². The molecule has 3 aromatic heterocycles. The highest BCUT2D eigenvalue weighted by Crippen LogP contribution is 2.31. The smallest absolute Gasteiger partial charge is 0.258 e. The van der Waals surface area contributed by atoms with E-state index in [1.165, 1.54) is 18.4 Å². The Morgan fingerprint density at radius 3 is 2.58 bits per heavy atom. The van der Waals surface area contributed by atoms with Crippen LogP contribution in [0.5, 0.6) is 0 Å². The Morgan fingerprint density at radius 2 is 1.79 bits per heavy atom. The number of tetrazole rings is 1. The molecule has 2 aromatic carbocycles. The molecule has 0 saturated heterocycles. The lowest BCUT2D eigenvalue weighted by Gasteiger charge is -2.29. The molecule has 0 radical (unpaired) electrons. The van der Waals surface area contributed by atoms with Crippen LogP contribution in [0.2, 0.25) is 0 Å². The van der Waals surface area contributed by atoms with Gasteiger partial charge in [-0.2, -0.15) is 0 Å². The molecule has 2 atom stereocenters. The summed E-state index contributed by atoms with van der Waals surface area (Å²) in [6.45, 7) is 3.43. The van der Waals surface area contributed by atoms with Crippen LogP contribution in [0.25, 0.3) is 10.9 Å². The van der Waals surface area contributed by atoms with E-state index in [1.54, 1.807) is 6.20 Å². The van der Waals surface area contributed by atoms with E-state index in [-0.39, 0.29) is 17.6 Å². The number of hydrogen-bond donors (Lipinski definition) is 2. The fraction of sp³-hybridized carbons (Fsp3) is 0.300. The number of nitrogens with zero attached hydrogens (tertiary/aromatic N) is 5. The minimum atomic E-state index is -0.375. The van der Waals surface area contributed by atoms with Gasteiger partial charge in [-0.25, -0.2) is 4.68 Å². The molecule has 0 aliphatic heterocycles. The topological polar surface area (TPSA) is 93.8 Å². The number of hydrogen-bond acceptors (Lipinski definition) is 5. The highest BCUT2D eigenvalue weighted by molar-refractivity contribution is 5.79. The van der Waals surface area contributed by atoms with Crippen molar-refractivity contribution in [1.82, 2.24) is 30.2 Å². The molecule has 1 saturated carbocycles. The number of aromatic amines is 1. The highest BCUT2D eigenvalue weighted by Gasteiger charge is 2.36. The standard InChI is InChI=1S/C30H31N7O/c1-21-13-14-27-24(16-21)17-26(30(38)32-27)28(29-33-34-35-37(29)25-11-5-6-12-25)36(19-22-8-3-2-4-9-22)20-23-10-7-15-31-18-23/h2-4,7-10,13-18,25,28H,5-6,11-12,19-20H2,1H3,(H,32,38)/p+1/t28-/m0/s1. The third kappa shape index (κ3) is 4.99. The van der Waals surface area contributed by atoms with Gasteiger partial charge in [0.25, 0.3) is 5.56 Å². The monoisotopic (exact) mass is 506 g/mol. The maximum atomic E-state index is 13.7. The van der Waals surface area contributed by atoms with E-state index in [9.17, 15) is 4.79 Å². The van der Waals surface area contributed by atoms with Crippen molar-refractivity contribution in [3.63, 3.8) is 0 Å². The van der Waals surface area contributed by atoms with E-state index in [4.69, 9.17) is 0 Å². The van der Waals surface area contributed by atoms with Crippen LogP contribution in [0.3, 0.4) is 0 Å². The second-order valence-corrected chi connectivity index (χ2v) is 10.4. The number of nitrogens with one attached hydrogen (secondary N) is 2. The average Bonchev–Trinajstić information content (AvgIpc) is 3.63. The first-order valence-electron chi connectivity index (χ1n) is 13.3. The molecule has 6 rings (SSSR count). The Hall–Kier alpha value is -4.17. The quantitative estimate of drug-likeness (QED) is 0.335.